The number of aliphatic hydroxyl groups is 1. The van der Waals surface area contributed by atoms with Crippen molar-refractivity contribution in [2.24, 2.45) is 0 Å². The Morgan fingerprint density at radius 2 is 2.12 bits per heavy atom. The monoisotopic (exact) mass is 363 g/mol. The third-order valence-corrected chi connectivity index (χ3v) is 5.73. The topological polar surface area (TPSA) is 64.6 Å². The Hall–Kier alpha value is -1.66. The number of hydrogen-bond acceptors (Lipinski definition) is 4. The minimum atomic E-state index is -0.560. The van der Waals surface area contributed by atoms with Crippen molar-refractivity contribution in [3.63, 3.8) is 0 Å². The maximum absolute atomic E-state index is 13.9. The van der Waals surface area contributed by atoms with Crippen molar-refractivity contribution in [1.82, 2.24) is 10.6 Å². The summed E-state index contributed by atoms with van der Waals surface area (Å²) in [5.74, 6) is -0.335. The fourth-order valence-corrected chi connectivity index (χ4v) is 3.95. The number of halogens is 1. The van der Waals surface area contributed by atoms with Crippen LogP contribution in [-0.4, -0.2) is 42.3 Å². The first-order chi connectivity index (χ1) is 12.4. The molecule has 1 aromatic carbocycles. The van der Waals surface area contributed by atoms with Crippen molar-refractivity contribution >= 4 is 11.6 Å². The van der Waals surface area contributed by atoms with E-state index in [1.54, 1.807) is 6.07 Å². The van der Waals surface area contributed by atoms with Crippen LogP contribution in [-0.2, 0) is 4.79 Å². The Balaban J connectivity index is 1.76. The normalized spacial score (nSPS) is 25.8. The second-order valence-electron chi connectivity index (χ2n) is 7.83. The van der Waals surface area contributed by atoms with E-state index in [4.69, 9.17) is 0 Å². The average Bonchev–Trinajstić information content (AvgIpc) is 2.63. The molecule has 0 aliphatic carbocycles. The van der Waals surface area contributed by atoms with Crippen molar-refractivity contribution in [2.45, 2.75) is 63.6 Å². The summed E-state index contributed by atoms with van der Waals surface area (Å²) in [6, 6.07) is 4.47. The van der Waals surface area contributed by atoms with Gasteiger partial charge in [-0.1, -0.05) is 0 Å². The van der Waals surface area contributed by atoms with E-state index in [9.17, 15) is 14.3 Å². The van der Waals surface area contributed by atoms with Crippen LogP contribution in [0.5, 0.6) is 0 Å². The van der Waals surface area contributed by atoms with Gasteiger partial charge in [0.2, 0.25) is 5.91 Å². The van der Waals surface area contributed by atoms with E-state index in [0.717, 1.165) is 50.1 Å². The number of benzene rings is 1. The first kappa shape index (κ1) is 19.1. The van der Waals surface area contributed by atoms with Crippen LogP contribution in [0.25, 0.3) is 0 Å². The third-order valence-electron chi connectivity index (χ3n) is 5.73. The molecular formula is C20H30FN3O2. The number of carbonyl (C=O) groups excluding carboxylic acids is 1. The fourth-order valence-electron chi connectivity index (χ4n) is 3.95. The molecule has 0 bridgehead atoms. The lowest BCUT2D eigenvalue weighted by atomic mass is 9.89. The van der Waals surface area contributed by atoms with Crippen LogP contribution >= 0.6 is 0 Å². The van der Waals surface area contributed by atoms with Gasteiger partial charge in [0.25, 0.3) is 0 Å². The van der Waals surface area contributed by atoms with Crippen LogP contribution in [0.1, 0.15) is 57.6 Å². The van der Waals surface area contributed by atoms with Crippen LogP contribution in [0, 0.1) is 5.82 Å². The standard InChI is InChI=1S/C20H30FN3O2/c1-14(23-19(26)20(2)9-3-4-10-22-20)17-13-15(21)5-6-18(17)24-11-7-16(25)8-12-24/h5-6,13-14,16,22,25H,3-4,7-12H2,1-2H3,(H,23,26)/t14-,20-/m0/s1. The van der Waals surface area contributed by atoms with Crippen molar-refractivity contribution in [2.75, 3.05) is 24.5 Å². The molecule has 2 saturated heterocycles. The number of anilines is 1. The fraction of sp³-hybridized carbons (Fsp3) is 0.650. The molecule has 6 heteroatoms. The van der Waals surface area contributed by atoms with E-state index in [1.807, 2.05) is 13.8 Å². The van der Waals surface area contributed by atoms with Crippen LogP contribution in [0.2, 0.25) is 0 Å². The molecule has 3 N–H and O–H groups in total. The predicted molar refractivity (Wildman–Crippen MR) is 101 cm³/mol. The number of carbonyl (C=O) groups is 1. The van der Waals surface area contributed by atoms with E-state index in [1.165, 1.54) is 12.1 Å². The zero-order valence-electron chi connectivity index (χ0n) is 15.7. The van der Waals surface area contributed by atoms with E-state index in [0.29, 0.717) is 12.8 Å². The first-order valence-corrected chi connectivity index (χ1v) is 9.67. The molecule has 0 spiro atoms. The number of aliphatic hydroxyl groups excluding tert-OH is 1. The van der Waals surface area contributed by atoms with Gasteiger partial charge in [0.15, 0.2) is 0 Å². The van der Waals surface area contributed by atoms with Gasteiger partial charge >= 0.3 is 0 Å². The summed E-state index contributed by atoms with van der Waals surface area (Å²) in [6.07, 6.45) is 4.09. The number of rotatable bonds is 4. The molecular weight excluding hydrogens is 333 g/mol. The number of hydrogen-bond donors (Lipinski definition) is 3. The van der Waals surface area contributed by atoms with Crippen molar-refractivity contribution in [3.8, 4) is 0 Å². The molecule has 1 aromatic rings. The van der Waals surface area contributed by atoms with Gasteiger partial charge in [-0.3, -0.25) is 4.79 Å². The summed E-state index contributed by atoms with van der Waals surface area (Å²) in [5, 5.41) is 16.1. The largest absolute Gasteiger partial charge is 0.393 e. The van der Waals surface area contributed by atoms with Gasteiger partial charge in [0, 0.05) is 24.3 Å². The summed E-state index contributed by atoms with van der Waals surface area (Å²) >= 11 is 0. The lowest BCUT2D eigenvalue weighted by Crippen LogP contribution is -2.57. The minimum Gasteiger partial charge on any atom is -0.393 e. The molecule has 0 radical (unpaired) electrons. The van der Waals surface area contributed by atoms with Gasteiger partial charge in [-0.15, -0.1) is 0 Å². The van der Waals surface area contributed by atoms with E-state index < -0.39 is 5.54 Å². The minimum absolute atomic E-state index is 0.0334. The van der Waals surface area contributed by atoms with Gasteiger partial charge in [-0.05, 0) is 70.7 Å². The third kappa shape index (κ3) is 4.18. The summed E-state index contributed by atoms with van der Waals surface area (Å²) in [4.78, 5) is 15.0. The van der Waals surface area contributed by atoms with Gasteiger partial charge < -0.3 is 20.6 Å². The zero-order valence-corrected chi connectivity index (χ0v) is 15.7. The van der Waals surface area contributed by atoms with Crippen molar-refractivity contribution in [3.05, 3.63) is 29.6 Å². The molecule has 144 valence electrons. The van der Waals surface area contributed by atoms with Crippen molar-refractivity contribution < 1.29 is 14.3 Å². The zero-order chi connectivity index (χ0) is 18.7. The van der Waals surface area contributed by atoms with Gasteiger partial charge in [0.1, 0.15) is 5.82 Å². The summed E-state index contributed by atoms with van der Waals surface area (Å²) in [6.45, 7) is 6.16. The van der Waals surface area contributed by atoms with Gasteiger partial charge in [0.05, 0.1) is 17.7 Å². The number of nitrogens with zero attached hydrogens (tertiary/aromatic N) is 1. The molecule has 0 saturated carbocycles. The highest BCUT2D eigenvalue weighted by atomic mass is 19.1. The Kier molecular flexibility index (Phi) is 5.82. The molecule has 3 rings (SSSR count). The van der Waals surface area contributed by atoms with Crippen LogP contribution in [0.15, 0.2) is 18.2 Å². The summed E-state index contributed by atoms with van der Waals surface area (Å²) in [7, 11) is 0. The van der Waals surface area contributed by atoms with Crippen LogP contribution in [0.4, 0.5) is 10.1 Å². The predicted octanol–water partition coefficient (Wildman–Crippen LogP) is 2.50. The first-order valence-electron chi connectivity index (χ1n) is 9.67. The highest BCUT2D eigenvalue weighted by Crippen LogP contribution is 2.30. The maximum atomic E-state index is 13.9. The highest BCUT2D eigenvalue weighted by Gasteiger charge is 2.35. The molecule has 0 aromatic heterocycles. The number of piperidine rings is 2. The summed E-state index contributed by atoms with van der Waals surface area (Å²) in [5.41, 5.74) is 1.16. The molecule has 2 heterocycles. The highest BCUT2D eigenvalue weighted by molar-refractivity contribution is 5.86. The second-order valence-corrected chi connectivity index (χ2v) is 7.83. The molecule has 2 aliphatic rings. The van der Waals surface area contributed by atoms with E-state index in [2.05, 4.69) is 15.5 Å². The lowest BCUT2D eigenvalue weighted by molar-refractivity contribution is -0.128. The molecule has 2 aliphatic heterocycles. The Morgan fingerprint density at radius 1 is 1.38 bits per heavy atom. The average molecular weight is 363 g/mol. The molecule has 1 amide bonds. The van der Waals surface area contributed by atoms with Gasteiger partial charge in [-0.2, -0.15) is 0 Å². The summed E-state index contributed by atoms with van der Waals surface area (Å²) < 4.78 is 13.9. The molecule has 2 fully saturated rings. The number of amides is 1. The molecule has 5 nitrogen and oxygen atoms in total. The Morgan fingerprint density at radius 3 is 2.77 bits per heavy atom. The SMILES string of the molecule is C[C@H](NC(=O)[C@]1(C)CCCCN1)c1cc(F)ccc1N1CCC(O)CC1. The Labute approximate surface area is 155 Å². The molecule has 26 heavy (non-hydrogen) atoms. The maximum Gasteiger partial charge on any atom is 0.240 e. The van der Waals surface area contributed by atoms with E-state index >= 15 is 0 Å². The van der Waals surface area contributed by atoms with Crippen LogP contribution in [0.3, 0.4) is 0 Å². The van der Waals surface area contributed by atoms with Gasteiger partial charge in [-0.25, -0.2) is 4.39 Å². The number of nitrogens with one attached hydrogen (secondary N) is 2. The van der Waals surface area contributed by atoms with Crippen LogP contribution < -0.4 is 15.5 Å². The Bertz CT molecular complexity index is 638. The molecule has 2 atom stereocenters. The quantitative estimate of drug-likeness (QED) is 0.769. The second kappa shape index (κ2) is 7.92. The molecule has 0 unspecified atom stereocenters. The van der Waals surface area contributed by atoms with E-state index in [-0.39, 0.29) is 23.9 Å². The lowest BCUT2D eigenvalue weighted by Gasteiger charge is -2.36. The van der Waals surface area contributed by atoms with Crippen molar-refractivity contribution in [1.29, 1.82) is 0 Å². The smallest absolute Gasteiger partial charge is 0.240 e.